The maximum atomic E-state index is 11.3. The average Bonchev–Trinajstić information content (AvgIpc) is 2.25. The smallest absolute Gasteiger partial charge is 0.321 e. The molecule has 0 rings (SSSR count). The molecule has 0 aliphatic heterocycles. The minimum atomic E-state index is -0.495. The molecule has 1 atom stereocenters. The Labute approximate surface area is 102 Å². The zero-order valence-electron chi connectivity index (χ0n) is 10.0. The van der Waals surface area contributed by atoms with Gasteiger partial charge in [0.05, 0.1) is 0 Å². The second kappa shape index (κ2) is 8.35. The summed E-state index contributed by atoms with van der Waals surface area (Å²) >= 11 is 5.26. The molecule has 0 saturated carbocycles. The summed E-state index contributed by atoms with van der Waals surface area (Å²) in [7, 11) is 0. The number of rotatable bonds is 6. The number of imide groups is 1. The Morgan fingerprint density at radius 1 is 1.31 bits per heavy atom. The van der Waals surface area contributed by atoms with Crippen LogP contribution in [-0.4, -0.2) is 48.4 Å². The standard InChI is InChI=1S/C10H20ClN3O2/c1-4-14(5-2)7-8(3)12-10(16)13-9(15)6-11/h8H,4-7H2,1-3H3,(H2,12,13,15,16). The van der Waals surface area contributed by atoms with Gasteiger partial charge in [-0.2, -0.15) is 0 Å². The molecule has 0 radical (unpaired) electrons. The first-order valence-electron chi connectivity index (χ1n) is 5.42. The predicted octanol–water partition coefficient (Wildman–Crippen LogP) is 0.781. The average molecular weight is 250 g/mol. The second-order valence-corrected chi connectivity index (χ2v) is 3.81. The summed E-state index contributed by atoms with van der Waals surface area (Å²) < 4.78 is 0. The van der Waals surface area contributed by atoms with Crippen LogP contribution >= 0.6 is 11.6 Å². The molecular formula is C10H20ClN3O2. The molecule has 0 saturated heterocycles. The fourth-order valence-electron chi connectivity index (χ4n) is 1.33. The summed E-state index contributed by atoms with van der Waals surface area (Å²) in [6, 6.07) is -0.506. The molecule has 16 heavy (non-hydrogen) atoms. The van der Waals surface area contributed by atoms with Crippen LogP contribution in [0.2, 0.25) is 0 Å². The Kier molecular flexibility index (Phi) is 7.93. The van der Waals surface area contributed by atoms with E-state index in [0.29, 0.717) is 0 Å². The molecule has 6 heteroatoms. The summed E-state index contributed by atoms with van der Waals surface area (Å²) in [5.41, 5.74) is 0. The number of hydrogen-bond donors (Lipinski definition) is 2. The van der Waals surface area contributed by atoms with E-state index < -0.39 is 11.9 Å². The van der Waals surface area contributed by atoms with Crippen LogP contribution in [-0.2, 0) is 4.79 Å². The monoisotopic (exact) mass is 249 g/mol. The lowest BCUT2D eigenvalue weighted by Gasteiger charge is -2.23. The van der Waals surface area contributed by atoms with Crippen molar-refractivity contribution in [3.8, 4) is 0 Å². The molecule has 5 nitrogen and oxygen atoms in total. The van der Waals surface area contributed by atoms with E-state index in [1.165, 1.54) is 0 Å². The number of likely N-dealkylation sites (N-methyl/N-ethyl adjacent to an activating group) is 1. The molecule has 0 aromatic rings. The number of amides is 3. The lowest BCUT2D eigenvalue weighted by atomic mass is 10.3. The third kappa shape index (κ3) is 6.63. The first kappa shape index (κ1) is 15.2. The Morgan fingerprint density at radius 2 is 1.88 bits per heavy atom. The summed E-state index contributed by atoms with van der Waals surface area (Å²) in [4.78, 5) is 24.3. The molecule has 0 aromatic carbocycles. The molecule has 0 aliphatic carbocycles. The highest BCUT2D eigenvalue weighted by Crippen LogP contribution is 1.91. The van der Waals surface area contributed by atoms with Gasteiger partial charge in [-0.25, -0.2) is 4.79 Å². The van der Waals surface area contributed by atoms with Crippen molar-refractivity contribution in [1.29, 1.82) is 0 Å². The van der Waals surface area contributed by atoms with Gasteiger partial charge in [-0.05, 0) is 20.0 Å². The van der Waals surface area contributed by atoms with E-state index in [-0.39, 0.29) is 11.9 Å². The minimum absolute atomic E-state index is 0.0111. The largest absolute Gasteiger partial charge is 0.334 e. The highest BCUT2D eigenvalue weighted by atomic mass is 35.5. The number of nitrogens with zero attached hydrogens (tertiary/aromatic N) is 1. The molecule has 0 aliphatic rings. The van der Waals surface area contributed by atoms with Crippen molar-refractivity contribution < 1.29 is 9.59 Å². The molecule has 0 aromatic heterocycles. The molecule has 0 heterocycles. The van der Waals surface area contributed by atoms with E-state index in [1.54, 1.807) is 0 Å². The maximum Gasteiger partial charge on any atom is 0.321 e. The normalized spacial score (nSPS) is 12.3. The van der Waals surface area contributed by atoms with Crippen LogP contribution in [0.4, 0.5) is 4.79 Å². The number of carbonyl (C=O) groups excluding carboxylic acids is 2. The van der Waals surface area contributed by atoms with E-state index in [9.17, 15) is 9.59 Å². The highest BCUT2D eigenvalue weighted by Gasteiger charge is 2.11. The molecule has 94 valence electrons. The van der Waals surface area contributed by atoms with Crippen molar-refractivity contribution in [3.05, 3.63) is 0 Å². The fraction of sp³-hybridized carbons (Fsp3) is 0.800. The Morgan fingerprint density at radius 3 is 2.31 bits per heavy atom. The van der Waals surface area contributed by atoms with Crippen LogP contribution in [0.25, 0.3) is 0 Å². The van der Waals surface area contributed by atoms with Gasteiger partial charge in [0.2, 0.25) is 5.91 Å². The van der Waals surface area contributed by atoms with Crippen molar-refractivity contribution in [2.24, 2.45) is 0 Å². The quantitative estimate of drug-likeness (QED) is 0.684. The molecule has 0 spiro atoms. The van der Waals surface area contributed by atoms with Crippen molar-refractivity contribution in [3.63, 3.8) is 0 Å². The van der Waals surface area contributed by atoms with Crippen molar-refractivity contribution in [1.82, 2.24) is 15.5 Å². The number of alkyl halides is 1. The number of carbonyl (C=O) groups is 2. The lowest BCUT2D eigenvalue weighted by Crippen LogP contribution is -2.47. The molecule has 2 N–H and O–H groups in total. The molecule has 3 amide bonds. The van der Waals surface area contributed by atoms with E-state index in [2.05, 4.69) is 29.4 Å². The maximum absolute atomic E-state index is 11.3. The topological polar surface area (TPSA) is 61.4 Å². The second-order valence-electron chi connectivity index (χ2n) is 3.54. The third-order valence-corrected chi connectivity index (χ3v) is 2.42. The van der Waals surface area contributed by atoms with Gasteiger partial charge in [0.15, 0.2) is 0 Å². The van der Waals surface area contributed by atoms with Crippen molar-refractivity contribution in [2.45, 2.75) is 26.8 Å². The summed E-state index contributed by atoms with van der Waals surface area (Å²) in [6.45, 7) is 8.65. The first-order valence-corrected chi connectivity index (χ1v) is 5.95. The first-order chi connectivity index (χ1) is 7.53. The van der Waals surface area contributed by atoms with Gasteiger partial charge in [0.1, 0.15) is 5.88 Å². The highest BCUT2D eigenvalue weighted by molar-refractivity contribution is 6.28. The number of halogens is 1. The van der Waals surface area contributed by atoms with Gasteiger partial charge in [-0.1, -0.05) is 13.8 Å². The van der Waals surface area contributed by atoms with Crippen LogP contribution in [0.5, 0.6) is 0 Å². The molecule has 0 bridgehead atoms. The Bertz CT molecular complexity index is 232. The van der Waals surface area contributed by atoms with Crippen LogP contribution in [0.1, 0.15) is 20.8 Å². The molecule has 0 fully saturated rings. The Hall–Kier alpha value is -0.810. The number of urea groups is 1. The van der Waals surface area contributed by atoms with Crippen molar-refractivity contribution in [2.75, 3.05) is 25.5 Å². The van der Waals surface area contributed by atoms with Gasteiger partial charge >= 0.3 is 6.03 Å². The Balaban J connectivity index is 3.90. The lowest BCUT2D eigenvalue weighted by molar-refractivity contribution is -0.117. The van der Waals surface area contributed by atoms with Crippen LogP contribution in [0.15, 0.2) is 0 Å². The van der Waals surface area contributed by atoms with Gasteiger partial charge in [-0.3, -0.25) is 10.1 Å². The van der Waals surface area contributed by atoms with Crippen LogP contribution < -0.4 is 10.6 Å². The predicted molar refractivity (Wildman–Crippen MR) is 64.6 cm³/mol. The van der Waals surface area contributed by atoms with E-state index in [0.717, 1.165) is 19.6 Å². The fourth-order valence-corrected chi connectivity index (χ4v) is 1.40. The SMILES string of the molecule is CCN(CC)CC(C)NC(=O)NC(=O)CCl. The third-order valence-electron chi connectivity index (χ3n) is 2.18. The van der Waals surface area contributed by atoms with E-state index in [4.69, 9.17) is 11.6 Å². The zero-order chi connectivity index (χ0) is 12.6. The van der Waals surface area contributed by atoms with E-state index >= 15 is 0 Å². The number of nitrogens with one attached hydrogen (secondary N) is 2. The van der Waals surface area contributed by atoms with Crippen LogP contribution in [0, 0.1) is 0 Å². The number of hydrogen-bond acceptors (Lipinski definition) is 3. The van der Waals surface area contributed by atoms with Gasteiger partial charge in [-0.15, -0.1) is 11.6 Å². The summed E-state index contributed by atoms with van der Waals surface area (Å²) in [5.74, 6) is -0.702. The van der Waals surface area contributed by atoms with Gasteiger partial charge < -0.3 is 10.2 Å². The zero-order valence-corrected chi connectivity index (χ0v) is 10.8. The van der Waals surface area contributed by atoms with Gasteiger partial charge in [0, 0.05) is 12.6 Å². The summed E-state index contributed by atoms with van der Waals surface area (Å²) in [6.07, 6.45) is 0. The molecular weight excluding hydrogens is 230 g/mol. The minimum Gasteiger partial charge on any atom is -0.334 e. The van der Waals surface area contributed by atoms with E-state index in [1.807, 2.05) is 6.92 Å². The van der Waals surface area contributed by atoms with Crippen LogP contribution in [0.3, 0.4) is 0 Å². The van der Waals surface area contributed by atoms with Crippen molar-refractivity contribution >= 4 is 23.5 Å². The summed E-state index contributed by atoms with van der Waals surface area (Å²) in [5, 5.41) is 4.80. The van der Waals surface area contributed by atoms with Gasteiger partial charge in [0.25, 0.3) is 0 Å². The molecule has 1 unspecified atom stereocenters.